The van der Waals surface area contributed by atoms with Gasteiger partial charge in [-0.05, 0) is 0 Å². The van der Waals surface area contributed by atoms with Crippen LogP contribution < -0.4 is 10.6 Å². The number of aromatic nitrogens is 4. The number of rotatable bonds is 5. The van der Waals surface area contributed by atoms with E-state index >= 15 is 0 Å². The lowest BCUT2D eigenvalue weighted by atomic mass is 10.4. The average Bonchev–Trinajstić information content (AvgIpc) is 2.71. The lowest BCUT2D eigenvalue weighted by Gasteiger charge is -2.19. The van der Waals surface area contributed by atoms with Crippen LogP contribution in [0.25, 0.3) is 11.2 Å². The van der Waals surface area contributed by atoms with E-state index in [4.69, 9.17) is 5.73 Å². The standard InChI is InChI=1S/C12H16N6/c1-4-6-18(7-5-2)12-15-10(13)9-11(16-12)14-8-17(9)3/h4-5,8H,1-2,6-7H2,3H3,(H2,13,15,16). The lowest BCUT2D eigenvalue weighted by molar-refractivity contribution is 0.895. The fourth-order valence-corrected chi connectivity index (χ4v) is 1.77. The largest absolute Gasteiger partial charge is 0.382 e. The Hall–Kier alpha value is -2.37. The molecule has 0 aliphatic carbocycles. The van der Waals surface area contributed by atoms with E-state index in [9.17, 15) is 0 Å². The van der Waals surface area contributed by atoms with Crippen LogP contribution in [-0.2, 0) is 7.05 Å². The molecule has 2 rings (SSSR count). The molecule has 0 saturated carbocycles. The van der Waals surface area contributed by atoms with Crippen LogP contribution in [0.1, 0.15) is 0 Å². The molecular formula is C12H16N6. The van der Waals surface area contributed by atoms with Gasteiger partial charge in [0.15, 0.2) is 11.5 Å². The Kier molecular flexibility index (Phi) is 3.27. The molecule has 0 spiro atoms. The van der Waals surface area contributed by atoms with Crippen molar-refractivity contribution in [3.63, 3.8) is 0 Å². The second-order valence-corrected chi connectivity index (χ2v) is 3.92. The molecule has 18 heavy (non-hydrogen) atoms. The molecule has 0 unspecified atom stereocenters. The molecule has 0 aliphatic heterocycles. The van der Waals surface area contributed by atoms with Crippen molar-refractivity contribution in [1.29, 1.82) is 0 Å². The number of aryl methyl sites for hydroxylation is 1. The highest BCUT2D eigenvalue weighted by Crippen LogP contribution is 2.19. The van der Waals surface area contributed by atoms with Crippen LogP contribution in [0, 0.1) is 0 Å². The van der Waals surface area contributed by atoms with Crippen molar-refractivity contribution >= 4 is 22.9 Å². The maximum absolute atomic E-state index is 5.94. The van der Waals surface area contributed by atoms with Crippen molar-refractivity contribution in [2.75, 3.05) is 23.7 Å². The van der Waals surface area contributed by atoms with E-state index in [1.165, 1.54) is 0 Å². The Morgan fingerprint density at radius 1 is 1.33 bits per heavy atom. The van der Waals surface area contributed by atoms with E-state index in [2.05, 4.69) is 28.1 Å². The summed E-state index contributed by atoms with van der Waals surface area (Å²) >= 11 is 0. The quantitative estimate of drug-likeness (QED) is 0.798. The molecule has 94 valence electrons. The highest BCUT2D eigenvalue weighted by Gasteiger charge is 2.13. The molecule has 2 N–H and O–H groups in total. The van der Waals surface area contributed by atoms with Gasteiger partial charge in [0.1, 0.15) is 5.52 Å². The smallest absolute Gasteiger partial charge is 0.230 e. The number of nitrogens with two attached hydrogens (primary N) is 1. The van der Waals surface area contributed by atoms with Crippen LogP contribution >= 0.6 is 0 Å². The molecule has 0 amide bonds. The van der Waals surface area contributed by atoms with Crippen molar-refractivity contribution in [3.8, 4) is 0 Å². The van der Waals surface area contributed by atoms with Crippen LogP contribution in [0.5, 0.6) is 0 Å². The van der Waals surface area contributed by atoms with Crippen LogP contribution in [-0.4, -0.2) is 32.6 Å². The summed E-state index contributed by atoms with van der Waals surface area (Å²) in [4.78, 5) is 14.8. The number of imidazole rings is 1. The van der Waals surface area contributed by atoms with Gasteiger partial charge in [-0.1, -0.05) is 12.2 Å². The first-order chi connectivity index (χ1) is 8.67. The number of fused-ring (bicyclic) bond motifs is 1. The van der Waals surface area contributed by atoms with Gasteiger partial charge in [0, 0.05) is 20.1 Å². The van der Waals surface area contributed by atoms with Gasteiger partial charge < -0.3 is 15.2 Å². The van der Waals surface area contributed by atoms with Crippen molar-refractivity contribution in [1.82, 2.24) is 19.5 Å². The third-order valence-electron chi connectivity index (χ3n) is 2.57. The van der Waals surface area contributed by atoms with Gasteiger partial charge in [-0.3, -0.25) is 0 Å². The Labute approximate surface area is 105 Å². The zero-order valence-corrected chi connectivity index (χ0v) is 10.4. The molecule has 0 aliphatic rings. The Morgan fingerprint density at radius 2 is 2.00 bits per heavy atom. The molecule has 0 atom stereocenters. The average molecular weight is 244 g/mol. The number of nitrogens with zero attached hydrogens (tertiary/aromatic N) is 5. The Balaban J connectivity index is 2.50. The molecule has 0 aromatic carbocycles. The topological polar surface area (TPSA) is 72.9 Å². The molecule has 0 radical (unpaired) electrons. The van der Waals surface area contributed by atoms with Crippen molar-refractivity contribution in [3.05, 3.63) is 31.6 Å². The van der Waals surface area contributed by atoms with E-state index in [-0.39, 0.29) is 0 Å². The van der Waals surface area contributed by atoms with Crippen LogP contribution in [0.3, 0.4) is 0 Å². The fourth-order valence-electron chi connectivity index (χ4n) is 1.77. The van der Waals surface area contributed by atoms with Crippen LogP contribution in [0.15, 0.2) is 31.6 Å². The monoisotopic (exact) mass is 244 g/mol. The summed E-state index contributed by atoms with van der Waals surface area (Å²) in [7, 11) is 1.86. The van der Waals surface area contributed by atoms with Gasteiger partial charge in [0.2, 0.25) is 5.95 Å². The van der Waals surface area contributed by atoms with E-state index in [0.29, 0.717) is 30.5 Å². The third kappa shape index (κ3) is 2.04. The summed E-state index contributed by atoms with van der Waals surface area (Å²) < 4.78 is 1.81. The second-order valence-electron chi connectivity index (χ2n) is 3.92. The fraction of sp³-hybridized carbons (Fsp3) is 0.250. The first kappa shape index (κ1) is 12.1. The van der Waals surface area contributed by atoms with Gasteiger partial charge >= 0.3 is 0 Å². The molecule has 2 heterocycles. The van der Waals surface area contributed by atoms with E-state index in [1.54, 1.807) is 23.0 Å². The summed E-state index contributed by atoms with van der Waals surface area (Å²) in [5.74, 6) is 0.964. The van der Waals surface area contributed by atoms with Crippen LogP contribution in [0.2, 0.25) is 0 Å². The molecule has 2 aromatic heterocycles. The van der Waals surface area contributed by atoms with Gasteiger partial charge in [0.25, 0.3) is 0 Å². The summed E-state index contributed by atoms with van der Waals surface area (Å²) in [5.41, 5.74) is 7.28. The Bertz CT molecular complexity index is 576. The summed E-state index contributed by atoms with van der Waals surface area (Å²) in [5, 5.41) is 0. The van der Waals surface area contributed by atoms with Gasteiger partial charge in [0.05, 0.1) is 6.33 Å². The minimum atomic E-state index is 0.424. The SMILES string of the molecule is C=CCN(CC=C)c1nc(N)c2c(ncn2C)n1. The lowest BCUT2D eigenvalue weighted by Crippen LogP contribution is -2.25. The highest BCUT2D eigenvalue weighted by atomic mass is 15.3. The first-order valence-electron chi connectivity index (χ1n) is 5.58. The zero-order chi connectivity index (χ0) is 13.1. The molecule has 0 bridgehead atoms. The van der Waals surface area contributed by atoms with Gasteiger partial charge in [-0.15, -0.1) is 13.2 Å². The third-order valence-corrected chi connectivity index (χ3v) is 2.57. The van der Waals surface area contributed by atoms with E-state index < -0.39 is 0 Å². The molecule has 6 heteroatoms. The van der Waals surface area contributed by atoms with Gasteiger partial charge in [-0.25, -0.2) is 4.98 Å². The van der Waals surface area contributed by atoms with E-state index in [0.717, 1.165) is 5.52 Å². The number of hydrogen-bond donors (Lipinski definition) is 1. The van der Waals surface area contributed by atoms with Crippen LogP contribution in [0.4, 0.5) is 11.8 Å². The number of nitrogen functional groups attached to an aromatic ring is 1. The molecule has 2 aromatic rings. The normalized spacial score (nSPS) is 10.5. The second kappa shape index (κ2) is 4.87. The predicted octanol–water partition coefficient (Wildman–Crippen LogP) is 1.12. The maximum atomic E-state index is 5.94. The summed E-state index contributed by atoms with van der Waals surface area (Å²) in [6, 6.07) is 0. The molecular weight excluding hydrogens is 228 g/mol. The Morgan fingerprint density at radius 3 is 2.61 bits per heavy atom. The van der Waals surface area contributed by atoms with Gasteiger partial charge in [-0.2, -0.15) is 9.97 Å². The zero-order valence-electron chi connectivity index (χ0n) is 10.4. The number of anilines is 2. The van der Waals surface area contributed by atoms with Crippen molar-refractivity contribution in [2.24, 2.45) is 7.05 Å². The minimum Gasteiger partial charge on any atom is -0.382 e. The first-order valence-corrected chi connectivity index (χ1v) is 5.58. The molecule has 0 saturated heterocycles. The number of hydrogen-bond acceptors (Lipinski definition) is 5. The molecule has 0 fully saturated rings. The summed E-state index contributed by atoms with van der Waals surface area (Å²) in [6.07, 6.45) is 5.24. The van der Waals surface area contributed by atoms with Crippen molar-refractivity contribution in [2.45, 2.75) is 0 Å². The maximum Gasteiger partial charge on any atom is 0.230 e. The predicted molar refractivity (Wildman–Crippen MR) is 73.3 cm³/mol. The minimum absolute atomic E-state index is 0.424. The van der Waals surface area contributed by atoms with E-state index in [1.807, 2.05) is 11.9 Å². The molecule has 6 nitrogen and oxygen atoms in total. The highest BCUT2D eigenvalue weighted by molar-refractivity contribution is 5.83. The summed E-state index contributed by atoms with van der Waals surface area (Å²) in [6.45, 7) is 8.69. The van der Waals surface area contributed by atoms with Crippen molar-refractivity contribution < 1.29 is 0 Å².